The molecule has 0 radical (unpaired) electrons. The van der Waals surface area contributed by atoms with Crippen molar-refractivity contribution in [3.05, 3.63) is 65.5 Å². The molecule has 2 heterocycles. The second-order valence-corrected chi connectivity index (χ2v) is 6.01. The maximum Gasteiger partial charge on any atom is 0.354 e. The molecular weight excluding hydrogens is 304 g/mol. The third-order valence-electron chi connectivity index (χ3n) is 4.43. The van der Waals surface area contributed by atoms with Crippen molar-refractivity contribution < 1.29 is 14.7 Å². The molecule has 5 heteroatoms. The largest absolute Gasteiger partial charge is 0.477 e. The topological polar surface area (TPSA) is 70.5 Å². The highest BCUT2D eigenvalue weighted by Crippen LogP contribution is 2.31. The second kappa shape index (κ2) is 7.25. The monoisotopic (exact) mass is 324 g/mol. The van der Waals surface area contributed by atoms with E-state index in [0.29, 0.717) is 12.1 Å². The minimum absolute atomic E-state index is 0.0537. The second-order valence-electron chi connectivity index (χ2n) is 6.01. The van der Waals surface area contributed by atoms with Gasteiger partial charge in [-0.05, 0) is 30.5 Å². The molecule has 0 saturated carbocycles. The number of rotatable bonds is 3. The molecule has 5 nitrogen and oxygen atoms in total. The Balaban J connectivity index is 1.88. The summed E-state index contributed by atoms with van der Waals surface area (Å²) in [6.07, 6.45) is 5.49. The van der Waals surface area contributed by atoms with Crippen LogP contribution in [-0.2, 0) is 0 Å². The van der Waals surface area contributed by atoms with Gasteiger partial charge in [0.2, 0.25) is 0 Å². The maximum atomic E-state index is 13.0. The minimum atomic E-state index is -1.09. The van der Waals surface area contributed by atoms with Crippen LogP contribution in [0, 0.1) is 0 Å². The lowest BCUT2D eigenvalue weighted by Crippen LogP contribution is -2.35. The predicted octanol–water partition coefficient (Wildman–Crippen LogP) is 3.54. The molecular formula is C19H20N2O3. The first-order valence-corrected chi connectivity index (χ1v) is 8.22. The SMILES string of the molecule is O=C(O)c1ccc(C(=O)N2CCCCCC2c2ccccc2)cn1. The number of carboxylic acids is 1. The van der Waals surface area contributed by atoms with Gasteiger partial charge < -0.3 is 10.0 Å². The molecule has 1 aromatic heterocycles. The fourth-order valence-electron chi connectivity index (χ4n) is 3.19. The van der Waals surface area contributed by atoms with Gasteiger partial charge in [-0.3, -0.25) is 4.79 Å². The van der Waals surface area contributed by atoms with Crippen molar-refractivity contribution in [1.82, 2.24) is 9.88 Å². The first-order valence-electron chi connectivity index (χ1n) is 8.22. The van der Waals surface area contributed by atoms with Gasteiger partial charge in [-0.2, -0.15) is 0 Å². The molecule has 1 unspecified atom stereocenters. The standard InChI is InChI=1S/C19H20N2O3/c22-18(15-10-11-16(19(23)24)20-13-15)21-12-6-2-5-9-17(21)14-7-3-1-4-8-14/h1,3-4,7-8,10-11,13,17H,2,5-6,9,12H2,(H,23,24). The number of pyridine rings is 1. The van der Waals surface area contributed by atoms with Crippen LogP contribution >= 0.6 is 0 Å². The normalized spacial score (nSPS) is 18.0. The Kier molecular flexibility index (Phi) is 4.89. The van der Waals surface area contributed by atoms with Gasteiger partial charge in [-0.1, -0.05) is 43.2 Å². The summed E-state index contributed by atoms with van der Waals surface area (Å²) in [7, 11) is 0. The van der Waals surface area contributed by atoms with Crippen LogP contribution in [-0.4, -0.2) is 33.4 Å². The number of benzene rings is 1. The zero-order chi connectivity index (χ0) is 16.9. The molecule has 3 rings (SSSR count). The molecule has 0 bridgehead atoms. The van der Waals surface area contributed by atoms with Crippen molar-refractivity contribution in [2.24, 2.45) is 0 Å². The first-order chi connectivity index (χ1) is 11.7. The lowest BCUT2D eigenvalue weighted by atomic mass is 10.0. The number of aromatic nitrogens is 1. The molecule has 1 aliphatic heterocycles. The highest BCUT2D eigenvalue weighted by Gasteiger charge is 2.27. The van der Waals surface area contributed by atoms with Gasteiger partial charge >= 0.3 is 5.97 Å². The molecule has 0 spiro atoms. The Morgan fingerprint density at radius 1 is 1.04 bits per heavy atom. The van der Waals surface area contributed by atoms with Crippen LogP contribution in [0.4, 0.5) is 0 Å². The van der Waals surface area contributed by atoms with E-state index in [1.54, 1.807) is 6.07 Å². The zero-order valence-corrected chi connectivity index (χ0v) is 13.4. The molecule has 24 heavy (non-hydrogen) atoms. The molecule has 124 valence electrons. The van der Waals surface area contributed by atoms with Gasteiger partial charge in [0, 0.05) is 12.7 Å². The molecule has 1 saturated heterocycles. The van der Waals surface area contributed by atoms with Crippen molar-refractivity contribution in [3.63, 3.8) is 0 Å². The molecule has 1 fully saturated rings. The maximum absolute atomic E-state index is 13.0. The average Bonchev–Trinajstić information content (AvgIpc) is 2.88. The van der Waals surface area contributed by atoms with Gasteiger partial charge in [-0.25, -0.2) is 9.78 Å². The Labute approximate surface area is 140 Å². The van der Waals surface area contributed by atoms with Crippen molar-refractivity contribution in [3.8, 4) is 0 Å². The van der Waals surface area contributed by atoms with Gasteiger partial charge in [0.1, 0.15) is 5.69 Å². The van der Waals surface area contributed by atoms with Gasteiger partial charge in [-0.15, -0.1) is 0 Å². The molecule has 1 amide bonds. The minimum Gasteiger partial charge on any atom is -0.477 e. The molecule has 1 atom stereocenters. The van der Waals surface area contributed by atoms with Gasteiger partial charge in [0.15, 0.2) is 0 Å². The number of nitrogens with zero attached hydrogens (tertiary/aromatic N) is 2. The Hall–Kier alpha value is -2.69. The fraction of sp³-hybridized carbons (Fsp3) is 0.316. The van der Waals surface area contributed by atoms with Crippen LogP contribution < -0.4 is 0 Å². The molecule has 1 aromatic carbocycles. The van der Waals surface area contributed by atoms with Crippen LogP contribution in [0.1, 0.15) is 58.1 Å². The van der Waals surface area contributed by atoms with Gasteiger partial charge in [0.05, 0.1) is 11.6 Å². The highest BCUT2D eigenvalue weighted by atomic mass is 16.4. The lowest BCUT2D eigenvalue weighted by Gasteiger charge is -2.30. The number of hydrogen-bond donors (Lipinski definition) is 1. The van der Waals surface area contributed by atoms with E-state index in [4.69, 9.17) is 5.11 Å². The summed E-state index contributed by atoms with van der Waals surface area (Å²) in [5.41, 5.74) is 1.52. The molecule has 1 N–H and O–H groups in total. The first kappa shape index (κ1) is 16.2. The summed E-state index contributed by atoms with van der Waals surface area (Å²) < 4.78 is 0. The summed E-state index contributed by atoms with van der Waals surface area (Å²) in [6.45, 7) is 0.707. The van der Waals surface area contributed by atoms with Crippen LogP contribution in [0.25, 0.3) is 0 Å². The number of amides is 1. The summed E-state index contributed by atoms with van der Waals surface area (Å²) >= 11 is 0. The smallest absolute Gasteiger partial charge is 0.354 e. The summed E-state index contributed by atoms with van der Waals surface area (Å²) in [5.74, 6) is -1.18. The van der Waals surface area contributed by atoms with Crippen LogP contribution in [0.15, 0.2) is 48.7 Å². The summed E-state index contributed by atoms with van der Waals surface area (Å²) in [4.78, 5) is 29.6. The van der Waals surface area contributed by atoms with Crippen molar-refractivity contribution >= 4 is 11.9 Å². The third-order valence-corrected chi connectivity index (χ3v) is 4.43. The molecule has 2 aromatic rings. The number of likely N-dealkylation sites (tertiary alicyclic amines) is 1. The van der Waals surface area contributed by atoms with Crippen LogP contribution in [0.5, 0.6) is 0 Å². The number of carbonyl (C=O) groups excluding carboxylic acids is 1. The highest BCUT2D eigenvalue weighted by molar-refractivity contribution is 5.95. The Bertz CT molecular complexity index is 713. The third kappa shape index (κ3) is 3.45. The van der Waals surface area contributed by atoms with Crippen LogP contribution in [0.3, 0.4) is 0 Å². The lowest BCUT2D eigenvalue weighted by molar-refractivity contribution is 0.0669. The van der Waals surface area contributed by atoms with E-state index in [9.17, 15) is 9.59 Å². The number of carbonyl (C=O) groups is 2. The zero-order valence-electron chi connectivity index (χ0n) is 13.4. The number of carboxylic acid groups (broad SMARTS) is 1. The average molecular weight is 324 g/mol. The predicted molar refractivity (Wildman–Crippen MR) is 89.9 cm³/mol. The van der Waals surface area contributed by atoms with Gasteiger partial charge in [0.25, 0.3) is 5.91 Å². The van der Waals surface area contributed by atoms with Crippen molar-refractivity contribution in [2.75, 3.05) is 6.54 Å². The van der Waals surface area contributed by atoms with E-state index in [0.717, 1.165) is 31.2 Å². The Morgan fingerprint density at radius 3 is 2.50 bits per heavy atom. The fourth-order valence-corrected chi connectivity index (χ4v) is 3.19. The quantitative estimate of drug-likeness (QED) is 0.937. The van der Waals surface area contributed by atoms with E-state index in [1.165, 1.54) is 12.3 Å². The van der Waals surface area contributed by atoms with Crippen LogP contribution in [0.2, 0.25) is 0 Å². The number of aromatic carboxylic acids is 1. The molecule has 1 aliphatic rings. The van der Waals surface area contributed by atoms with E-state index in [1.807, 2.05) is 23.1 Å². The van der Waals surface area contributed by atoms with E-state index < -0.39 is 5.97 Å². The number of hydrogen-bond acceptors (Lipinski definition) is 3. The molecule has 0 aliphatic carbocycles. The van der Waals surface area contributed by atoms with E-state index >= 15 is 0 Å². The Morgan fingerprint density at radius 2 is 1.83 bits per heavy atom. The van der Waals surface area contributed by atoms with Crippen molar-refractivity contribution in [1.29, 1.82) is 0 Å². The summed E-state index contributed by atoms with van der Waals surface area (Å²) in [5, 5.41) is 8.93. The van der Waals surface area contributed by atoms with E-state index in [-0.39, 0.29) is 17.6 Å². The van der Waals surface area contributed by atoms with Crippen molar-refractivity contribution in [2.45, 2.75) is 31.7 Å². The van der Waals surface area contributed by atoms with E-state index in [2.05, 4.69) is 17.1 Å². The summed E-state index contributed by atoms with van der Waals surface area (Å²) in [6, 6.07) is 13.1.